The topological polar surface area (TPSA) is 17.1 Å². The third-order valence-electron chi connectivity index (χ3n) is 3.57. The van der Waals surface area contributed by atoms with Crippen LogP contribution < -0.4 is 0 Å². The van der Waals surface area contributed by atoms with Crippen LogP contribution in [0.1, 0.15) is 51.4 Å². The van der Waals surface area contributed by atoms with Crippen LogP contribution in [0, 0.1) is 11.8 Å². The molecule has 0 aromatic rings. The van der Waals surface area contributed by atoms with Crippen LogP contribution in [0.3, 0.4) is 0 Å². The molecule has 1 heteroatoms. The van der Waals surface area contributed by atoms with E-state index in [0.717, 1.165) is 12.3 Å². The molecule has 68 valence electrons. The van der Waals surface area contributed by atoms with Gasteiger partial charge in [0.05, 0.1) is 0 Å². The average Bonchev–Trinajstić information content (AvgIpc) is 2.30. The number of carbonyl (C=O) groups excluding carboxylic acids is 1. The number of fused-ring (bicyclic) bond motifs is 1. The van der Waals surface area contributed by atoms with Gasteiger partial charge in [-0.2, -0.15) is 0 Å². The standard InChI is InChI=1S/C11H18O/c12-11-8-4-6-9-5-2-1-3-7-10(9)11/h9-10H,1-8H2/t9-,10+/m0/s1. The Morgan fingerprint density at radius 2 is 1.67 bits per heavy atom. The Labute approximate surface area is 74.5 Å². The number of Topliss-reactive ketones (excluding diaryl/α,β-unsaturated/α-hetero) is 1. The van der Waals surface area contributed by atoms with Gasteiger partial charge in [-0.15, -0.1) is 0 Å². The number of carbonyl (C=O) groups is 1. The van der Waals surface area contributed by atoms with Crippen LogP contribution in [0.5, 0.6) is 0 Å². The molecule has 2 rings (SSSR count). The summed E-state index contributed by atoms with van der Waals surface area (Å²) in [5, 5.41) is 0. The Morgan fingerprint density at radius 3 is 2.58 bits per heavy atom. The molecular formula is C11H18O. The highest BCUT2D eigenvalue weighted by Gasteiger charge is 2.31. The quantitative estimate of drug-likeness (QED) is 0.540. The summed E-state index contributed by atoms with van der Waals surface area (Å²) in [5.74, 6) is 1.82. The molecule has 0 heterocycles. The van der Waals surface area contributed by atoms with E-state index < -0.39 is 0 Å². The van der Waals surface area contributed by atoms with Crippen molar-refractivity contribution in [3.05, 3.63) is 0 Å². The minimum Gasteiger partial charge on any atom is -0.299 e. The third-order valence-corrected chi connectivity index (χ3v) is 3.57. The number of rotatable bonds is 0. The van der Waals surface area contributed by atoms with E-state index in [-0.39, 0.29) is 0 Å². The predicted octanol–water partition coefficient (Wildman–Crippen LogP) is 2.94. The molecule has 0 aromatic heterocycles. The van der Waals surface area contributed by atoms with Gasteiger partial charge in [-0.25, -0.2) is 0 Å². The molecule has 0 radical (unpaired) electrons. The number of ketones is 1. The van der Waals surface area contributed by atoms with Gasteiger partial charge in [-0.3, -0.25) is 4.79 Å². The van der Waals surface area contributed by atoms with Gasteiger partial charge < -0.3 is 0 Å². The van der Waals surface area contributed by atoms with Crippen LogP contribution in [-0.4, -0.2) is 5.78 Å². The maximum absolute atomic E-state index is 11.6. The molecule has 0 aromatic carbocycles. The first-order chi connectivity index (χ1) is 5.88. The minimum atomic E-state index is 0.473. The zero-order chi connectivity index (χ0) is 8.39. The number of hydrogen-bond donors (Lipinski definition) is 0. The van der Waals surface area contributed by atoms with Crippen LogP contribution in [0.15, 0.2) is 0 Å². The highest BCUT2D eigenvalue weighted by molar-refractivity contribution is 5.82. The molecule has 12 heavy (non-hydrogen) atoms. The lowest BCUT2D eigenvalue weighted by atomic mass is 9.76. The molecule has 2 atom stereocenters. The molecule has 2 fully saturated rings. The van der Waals surface area contributed by atoms with E-state index in [1.165, 1.54) is 44.9 Å². The molecule has 0 N–H and O–H groups in total. The predicted molar refractivity (Wildman–Crippen MR) is 48.9 cm³/mol. The summed E-state index contributed by atoms with van der Waals surface area (Å²) in [6.45, 7) is 0. The van der Waals surface area contributed by atoms with Gasteiger partial charge in [-0.05, 0) is 31.6 Å². The smallest absolute Gasteiger partial charge is 0.136 e. The summed E-state index contributed by atoms with van der Waals surface area (Å²) < 4.78 is 0. The average molecular weight is 166 g/mol. The van der Waals surface area contributed by atoms with Crippen molar-refractivity contribution in [2.45, 2.75) is 51.4 Å². The molecular weight excluding hydrogens is 148 g/mol. The van der Waals surface area contributed by atoms with Gasteiger partial charge >= 0.3 is 0 Å². The van der Waals surface area contributed by atoms with Crippen molar-refractivity contribution < 1.29 is 4.79 Å². The van der Waals surface area contributed by atoms with E-state index in [2.05, 4.69) is 0 Å². The van der Waals surface area contributed by atoms with E-state index in [1.807, 2.05) is 0 Å². The second kappa shape index (κ2) is 3.59. The molecule has 2 saturated carbocycles. The Kier molecular flexibility index (Phi) is 2.48. The molecule has 0 bridgehead atoms. The van der Waals surface area contributed by atoms with Crippen molar-refractivity contribution in [1.82, 2.24) is 0 Å². The largest absolute Gasteiger partial charge is 0.299 e. The van der Waals surface area contributed by atoms with Crippen LogP contribution in [0.2, 0.25) is 0 Å². The first-order valence-electron chi connectivity index (χ1n) is 5.40. The van der Waals surface area contributed by atoms with Crippen molar-refractivity contribution in [2.75, 3.05) is 0 Å². The molecule has 0 aliphatic heterocycles. The Morgan fingerprint density at radius 1 is 0.917 bits per heavy atom. The summed E-state index contributed by atoms with van der Waals surface area (Å²) in [5.41, 5.74) is 0. The van der Waals surface area contributed by atoms with Crippen molar-refractivity contribution in [2.24, 2.45) is 11.8 Å². The molecule has 0 saturated heterocycles. The lowest BCUT2D eigenvalue weighted by Gasteiger charge is -2.28. The summed E-state index contributed by atoms with van der Waals surface area (Å²) in [6.07, 6.45) is 9.93. The van der Waals surface area contributed by atoms with E-state index in [1.54, 1.807) is 0 Å². The first-order valence-corrected chi connectivity index (χ1v) is 5.40. The van der Waals surface area contributed by atoms with E-state index in [0.29, 0.717) is 11.7 Å². The molecule has 1 nitrogen and oxygen atoms in total. The fourth-order valence-electron chi connectivity index (χ4n) is 2.88. The lowest BCUT2D eigenvalue weighted by molar-refractivity contribution is -0.126. The zero-order valence-electron chi connectivity index (χ0n) is 7.72. The lowest BCUT2D eigenvalue weighted by Crippen LogP contribution is -2.27. The molecule has 2 aliphatic rings. The zero-order valence-corrected chi connectivity index (χ0v) is 7.72. The fourth-order valence-corrected chi connectivity index (χ4v) is 2.88. The van der Waals surface area contributed by atoms with Gasteiger partial charge in [0.2, 0.25) is 0 Å². The summed E-state index contributed by atoms with van der Waals surface area (Å²) in [7, 11) is 0. The van der Waals surface area contributed by atoms with E-state index in [4.69, 9.17) is 0 Å². The molecule has 0 spiro atoms. The van der Waals surface area contributed by atoms with Crippen LogP contribution in [0.4, 0.5) is 0 Å². The second-order valence-corrected chi connectivity index (χ2v) is 4.36. The van der Waals surface area contributed by atoms with Gasteiger partial charge in [0.25, 0.3) is 0 Å². The summed E-state index contributed by atoms with van der Waals surface area (Å²) in [4.78, 5) is 11.6. The highest BCUT2D eigenvalue weighted by atomic mass is 16.1. The Bertz CT molecular complexity index is 174. The van der Waals surface area contributed by atoms with Crippen molar-refractivity contribution in [1.29, 1.82) is 0 Å². The Hall–Kier alpha value is -0.330. The molecule has 2 aliphatic carbocycles. The van der Waals surface area contributed by atoms with Gasteiger partial charge in [0.1, 0.15) is 5.78 Å². The molecule has 0 amide bonds. The van der Waals surface area contributed by atoms with Crippen molar-refractivity contribution in [3.8, 4) is 0 Å². The summed E-state index contributed by atoms with van der Waals surface area (Å²) in [6, 6.07) is 0. The SMILES string of the molecule is O=C1CCC[C@@H]2CCCCC[C@@H]12. The van der Waals surface area contributed by atoms with Crippen LogP contribution in [0.25, 0.3) is 0 Å². The van der Waals surface area contributed by atoms with E-state index in [9.17, 15) is 4.79 Å². The summed E-state index contributed by atoms with van der Waals surface area (Å²) >= 11 is 0. The van der Waals surface area contributed by atoms with E-state index >= 15 is 0 Å². The Balaban J connectivity index is 2.05. The van der Waals surface area contributed by atoms with Crippen LogP contribution in [-0.2, 0) is 4.79 Å². The highest BCUT2D eigenvalue weighted by Crippen LogP contribution is 2.37. The van der Waals surface area contributed by atoms with Crippen LogP contribution >= 0.6 is 0 Å². The maximum Gasteiger partial charge on any atom is 0.136 e. The van der Waals surface area contributed by atoms with Gasteiger partial charge in [0.15, 0.2) is 0 Å². The fraction of sp³-hybridized carbons (Fsp3) is 0.909. The number of hydrogen-bond acceptors (Lipinski definition) is 1. The first kappa shape index (κ1) is 8.28. The molecule has 0 unspecified atom stereocenters. The van der Waals surface area contributed by atoms with Gasteiger partial charge in [-0.1, -0.05) is 19.3 Å². The van der Waals surface area contributed by atoms with Gasteiger partial charge in [0, 0.05) is 12.3 Å². The normalized spacial score (nSPS) is 37.2. The van der Waals surface area contributed by atoms with Crippen molar-refractivity contribution in [3.63, 3.8) is 0 Å². The second-order valence-electron chi connectivity index (χ2n) is 4.36. The van der Waals surface area contributed by atoms with Crippen molar-refractivity contribution >= 4 is 5.78 Å². The minimum absolute atomic E-state index is 0.473. The maximum atomic E-state index is 11.6. The third kappa shape index (κ3) is 1.55. The monoisotopic (exact) mass is 166 g/mol.